The van der Waals surface area contributed by atoms with Gasteiger partial charge in [0.1, 0.15) is 0 Å². The van der Waals surface area contributed by atoms with E-state index in [1.54, 1.807) is 44.2 Å². The van der Waals surface area contributed by atoms with E-state index in [-0.39, 0.29) is 6.61 Å². The molecule has 1 aromatic carbocycles. The first-order valence-corrected chi connectivity index (χ1v) is 6.85. The molecule has 0 bridgehead atoms. The monoisotopic (exact) mass is 308 g/mol. The third kappa shape index (κ3) is 2.95. The maximum absolute atomic E-state index is 12.5. The van der Waals surface area contributed by atoms with Crippen LogP contribution in [0.2, 0.25) is 0 Å². The van der Waals surface area contributed by atoms with Gasteiger partial charge in [-0.3, -0.25) is 14.4 Å². The van der Waals surface area contributed by atoms with E-state index in [9.17, 15) is 14.4 Å². The van der Waals surface area contributed by atoms with E-state index < -0.39 is 29.2 Å². The van der Waals surface area contributed by atoms with Gasteiger partial charge in [-0.1, -0.05) is 37.3 Å². The van der Waals surface area contributed by atoms with Gasteiger partial charge in [-0.25, -0.2) is 0 Å². The predicted molar refractivity (Wildman–Crippen MR) is 78.0 cm³/mol. The summed E-state index contributed by atoms with van der Waals surface area (Å²) in [7, 11) is 2.22. The molecule has 6 nitrogen and oxygen atoms in total. The van der Waals surface area contributed by atoms with E-state index in [4.69, 9.17) is 14.2 Å². The molecule has 1 aromatic rings. The summed E-state index contributed by atoms with van der Waals surface area (Å²) in [5, 5.41) is 0. The topological polar surface area (TPSA) is 78.9 Å². The van der Waals surface area contributed by atoms with Crippen molar-refractivity contribution >= 4 is 17.9 Å². The standard InChI is InChI=1S/C16H20O6/c1-5-22-15(19)16(13(17)20-3,14(18)21-4)11(2)12-9-7-6-8-10-12/h6-11H,5H2,1-4H3/t11-/m0/s1. The third-order valence-corrected chi connectivity index (χ3v) is 3.56. The molecule has 22 heavy (non-hydrogen) atoms. The largest absolute Gasteiger partial charge is 0.468 e. The van der Waals surface area contributed by atoms with Crippen LogP contribution in [0.5, 0.6) is 0 Å². The lowest BCUT2D eigenvalue weighted by Gasteiger charge is -2.31. The van der Waals surface area contributed by atoms with Gasteiger partial charge in [-0.15, -0.1) is 0 Å². The number of ether oxygens (including phenoxy) is 3. The van der Waals surface area contributed by atoms with Crippen molar-refractivity contribution < 1.29 is 28.6 Å². The van der Waals surface area contributed by atoms with E-state index >= 15 is 0 Å². The van der Waals surface area contributed by atoms with Crippen molar-refractivity contribution in [3.05, 3.63) is 35.9 Å². The van der Waals surface area contributed by atoms with Crippen LogP contribution in [0.25, 0.3) is 0 Å². The summed E-state index contributed by atoms with van der Waals surface area (Å²) in [4.78, 5) is 37.1. The van der Waals surface area contributed by atoms with Gasteiger partial charge in [0.2, 0.25) is 0 Å². The first-order valence-electron chi connectivity index (χ1n) is 6.85. The SMILES string of the molecule is CCOC(=O)C(C(=O)OC)(C(=O)OC)[C@@H](C)c1ccccc1. The molecular weight excluding hydrogens is 288 g/mol. The summed E-state index contributed by atoms with van der Waals surface area (Å²) in [5.41, 5.74) is -1.58. The molecule has 0 aliphatic heterocycles. The number of carbonyl (C=O) groups is 3. The number of methoxy groups -OCH3 is 2. The van der Waals surface area contributed by atoms with E-state index in [1.165, 1.54) is 0 Å². The molecule has 0 aromatic heterocycles. The summed E-state index contributed by atoms with van der Waals surface area (Å²) in [6.45, 7) is 3.20. The predicted octanol–water partition coefficient (Wildman–Crippen LogP) is 1.69. The average Bonchev–Trinajstić information content (AvgIpc) is 2.55. The van der Waals surface area contributed by atoms with Crippen molar-refractivity contribution in [1.29, 1.82) is 0 Å². The molecule has 120 valence electrons. The van der Waals surface area contributed by atoms with Crippen LogP contribution in [-0.4, -0.2) is 38.7 Å². The van der Waals surface area contributed by atoms with Crippen LogP contribution < -0.4 is 0 Å². The minimum absolute atomic E-state index is 0.0239. The lowest BCUT2D eigenvalue weighted by molar-refractivity contribution is -0.183. The molecule has 6 heteroatoms. The van der Waals surface area contributed by atoms with Crippen LogP contribution in [0.4, 0.5) is 0 Å². The third-order valence-electron chi connectivity index (χ3n) is 3.56. The van der Waals surface area contributed by atoms with Crippen LogP contribution in [0, 0.1) is 5.41 Å². The van der Waals surface area contributed by atoms with Crippen molar-refractivity contribution in [2.24, 2.45) is 5.41 Å². The number of hydrogen-bond acceptors (Lipinski definition) is 6. The Bertz CT molecular complexity index is 521. The van der Waals surface area contributed by atoms with Gasteiger partial charge in [-0.2, -0.15) is 0 Å². The minimum atomic E-state index is -2.19. The van der Waals surface area contributed by atoms with Crippen LogP contribution in [0.3, 0.4) is 0 Å². The molecule has 0 radical (unpaired) electrons. The average molecular weight is 308 g/mol. The van der Waals surface area contributed by atoms with Gasteiger partial charge in [0.15, 0.2) is 0 Å². The van der Waals surface area contributed by atoms with Crippen molar-refractivity contribution in [3.63, 3.8) is 0 Å². The fourth-order valence-corrected chi connectivity index (χ4v) is 2.34. The van der Waals surface area contributed by atoms with Crippen LogP contribution >= 0.6 is 0 Å². The van der Waals surface area contributed by atoms with Gasteiger partial charge >= 0.3 is 17.9 Å². The Hall–Kier alpha value is -2.37. The van der Waals surface area contributed by atoms with E-state index in [2.05, 4.69) is 0 Å². The normalized spacial score (nSPS) is 12.2. The van der Waals surface area contributed by atoms with Gasteiger partial charge in [0.25, 0.3) is 5.41 Å². The van der Waals surface area contributed by atoms with Crippen molar-refractivity contribution in [2.45, 2.75) is 19.8 Å². The Morgan fingerprint density at radius 1 is 1.00 bits per heavy atom. The molecule has 0 aliphatic rings. The molecule has 0 fully saturated rings. The maximum Gasteiger partial charge on any atom is 0.335 e. The van der Waals surface area contributed by atoms with Crippen molar-refractivity contribution in [2.75, 3.05) is 20.8 Å². The second-order valence-electron chi connectivity index (χ2n) is 4.64. The Morgan fingerprint density at radius 2 is 1.50 bits per heavy atom. The molecule has 0 N–H and O–H groups in total. The molecule has 0 heterocycles. The summed E-state index contributed by atoms with van der Waals surface area (Å²) >= 11 is 0. The zero-order valence-electron chi connectivity index (χ0n) is 13.1. The molecule has 0 amide bonds. The van der Waals surface area contributed by atoms with Gasteiger partial charge in [0, 0.05) is 5.92 Å². The molecule has 0 spiro atoms. The number of carbonyl (C=O) groups excluding carboxylic acids is 3. The lowest BCUT2D eigenvalue weighted by atomic mass is 9.72. The fourth-order valence-electron chi connectivity index (χ4n) is 2.34. The Labute approximate surface area is 129 Å². The Balaban J connectivity index is 3.51. The second-order valence-corrected chi connectivity index (χ2v) is 4.64. The summed E-state index contributed by atoms with van der Waals surface area (Å²) in [6.07, 6.45) is 0. The highest BCUT2D eigenvalue weighted by Crippen LogP contribution is 2.39. The molecule has 1 rings (SSSR count). The zero-order chi connectivity index (χ0) is 16.8. The molecular formula is C16H20O6. The highest BCUT2D eigenvalue weighted by atomic mass is 16.6. The van der Waals surface area contributed by atoms with Crippen LogP contribution in [-0.2, 0) is 28.6 Å². The first kappa shape index (κ1) is 17.7. The fraction of sp³-hybridized carbons (Fsp3) is 0.438. The van der Waals surface area contributed by atoms with Gasteiger partial charge in [0.05, 0.1) is 20.8 Å². The molecule has 0 saturated carbocycles. The number of hydrogen-bond donors (Lipinski definition) is 0. The molecule has 0 saturated heterocycles. The zero-order valence-corrected chi connectivity index (χ0v) is 13.1. The molecule has 1 atom stereocenters. The second kappa shape index (κ2) is 7.59. The Kier molecular flexibility index (Phi) is 6.10. The maximum atomic E-state index is 12.5. The summed E-state index contributed by atoms with van der Waals surface area (Å²) in [6, 6.07) is 8.71. The van der Waals surface area contributed by atoms with Crippen LogP contribution in [0.15, 0.2) is 30.3 Å². The van der Waals surface area contributed by atoms with Gasteiger partial charge < -0.3 is 14.2 Å². The van der Waals surface area contributed by atoms with Crippen LogP contribution in [0.1, 0.15) is 25.3 Å². The molecule has 0 unspecified atom stereocenters. The number of rotatable bonds is 6. The minimum Gasteiger partial charge on any atom is -0.468 e. The summed E-state index contributed by atoms with van der Waals surface area (Å²) in [5.74, 6) is -3.80. The number of benzene rings is 1. The summed E-state index contributed by atoms with van der Waals surface area (Å²) < 4.78 is 14.4. The number of esters is 3. The Morgan fingerprint density at radius 3 is 1.91 bits per heavy atom. The lowest BCUT2D eigenvalue weighted by Crippen LogP contribution is -2.52. The smallest absolute Gasteiger partial charge is 0.335 e. The van der Waals surface area contributed by atoms with E-state index in [0.717, 1.165) is 14.2 Å². The highest BCUT2D eigenvalue weighted by Gasteiger charge is 2.61. The highest BCUT2D eigenvalue weighted by molar-refractivity contribution is 6.18. The molecule has 0 aliphatic carbocycles. The van der Waals surface area contributed by atoms with Crippen molar-refractivity contribution in [3.8, 4) is 0 Å². The quantitative estimate of drug-likeness (QED) is 0.452. The van der Waals surface area contributed by atoms with E-state index in [1.807, 2.05) is 0 Å². The van der Waals surface area contributed by atoms with E-state index in [0.29, 0.717) is 5.56 Å². The first-order chi connectivity index (χ1) is 10.5. The van der Waals surface area contributed by atoms with Crippen molar-refractivity contribution in [1.82, 2.24) is 0 Å². The van der Waals surface area contributed by atoms with Gasteiger partial charge in [-0.05, 0) is 12.5 Å².